The number of ketones is 2. The Morgan fingerprint density at radius 2 is 1.79 bits per heavy atom. The molecular formula is C29H35NO4. The molecule has 2 saturated carbocycles. The number of nitrogens with one attached hydrogen (secondary N) is 1. The lowest BCUT2D eigenvalue weighted by atomic mass is 9.50. The van der Waals surface area contributed by atoms with Crippen LogP contribution in [0.1, 0.15) is 77.2 Å². The highest BCUT2D eigenvalue weighted by Crippen LogP contribution is 2.67. The van der Waals surface area contributed by atoms with Crippen molar-refractivity contribution in [3.05, 3.63) is 52.6 Å². The van der Waals surface area contributed by atoms with E-state index in [4.69, 9.17) is 4.74 Å². The summed E-state index contributed by atoms with van der Waals surface area (Å²) in [5, 5.41) is 3.20. The van der Waals surface area contributed by atoms with Crippen molar-refractivity contribution < 1.29 is 19.1 Å². The fourth-order valence-corrected chi connectivity index (χ4v) is 7.89. The normalized spacial score (nSPS) is 34.5. The summed E-state index contributed by atoms with van der Waals surface area (Å²) in [5.41, 5.74) is 4.87. The third-order valence-electron chi connectivity index (χ3n) is 9.34. The van der Waals surface area contributed by atoms with Gasteiger partial charge in [-0.2, -0.15) is 0 Å². The van der Waals surface area contributed by atoms with E-state index in [-0.39, 0.29) is 29.4 Å². The Labute approximate surface area is 202 Å². The number of hydrogen-bond donors (Lipinski definition) is 1. The van der Waals surface area contributed by atoms with Gasteiger partial charge >= 0.3 is 5.97 Å². The summed E-state index contributed by atoms with van der Waals surface area (Å²) in [6, 6.07) is 8.58. The van der Waals surface area contributed by atoms with Crippen LogP contribution in [0.4, 0.5) is 5.69 Å². The molecule has 5 heteroatoms. The molecule has 4 aliphatic carbocycles. The number of rotatable bonds is 4. The molecule has 1 aromatic rings. The number of esters is 1. The maximum absolute atomic E-state index is 13.2. The summed E-state index contributed by atoms with van der Waals surface area (Å²) in [5.74, 6) is 0.579. The summed E-state index contributed by atoms with van der Waals surface area (Å²) in [6.45, 7) is 5.21. The van der Waals surface area contributed by atoms with Gasteiger partial charge in [0.2, 0.25) is 0 Å². The van der Waals surface area contributed by atoms with Crippen molar-refractivity contribution >= 4 is 23.2 Å². The van der Waals surface area contributed by atoms with Crippen LogP contribution in [0, 0.1) is 17.3 Å². The highest BCUT2D eigenvalue weighted by molar-refractivity contribution is 5.93. The van der Waals surface area contributed by atoms with E-state index in [1.165, 1.54) is 29.2 Å². The number of benzene rings is 1. The molecule has 0 aromatic heterocycles. The molecule has 0 radical (unpaired) electrons. The molecule has 0 amide bonds. The van der Waals surface area contributed by atoms with E-state index in [0.29, 0.717) is 18.8 Å². The molecule has 5 atom stereocenters. The first-order valence-electron chi connectivity index (χ1n) is 12.6. The Balaban J connectivity index is 1.69. The van der Waals surface area contributed by atoms with E-state index in [1.807, 2.05) is 13.1 Å². The van der Waals surface area contributed by atoms with Crippen LogP contribution >= 0.6 is 0 Å². The smallest absolute Gasteiger partial charge is 0.303 e. The van der Waals surface area contributed by atoms with Gasteiger partial charge in [-0.1, -0.05) is 24.6 Å². The van der Waals surface area contributed by atoms with Gasteiger partial charge in [0.25, 0.3) is 0 Å². The summed E-state index contributed by atoms with van der Waals surface area (Å²) < 4.78 is 5.98. The summed E-state index contributed by atoms with van der Waals surface area (Å²) in [6.07, 6.45) is 7.40. The lowest BCUT2D eigenvalue weighted by Crippen LogP contribution is -2.57. The number of hydrogen-bond acceptors (Lipinski definition) is 5. The minimum atomic E-state index is -1.07. The van der Waals surface area contributed by atoms with Crippen molar-refractivity contribution in [2.75, 3.05) is 12.4 Å². The highest BCUT2D eigenvalue weighted by Gasteiger charge is 2.67. The van der Waals surface area contributed by atoms with Crippen LogP contribution < -0.4 is 5.32 Å². The first-order valence-corrected chi connectivity index (χ1v) is 12.6. The molecule has 3 unspecified atom stereocenters. The van der Waals surface area contributed by atoms with Crippen LogP contribution in [0.25, 0.3) is 0 Å². The third-order valence-corrected chi connectivity index (χ3v) is 9.34. The van der Waals surface area contributed by atoms with Gasteiger partial charge in [0.1, 0.15) is 0 Å². The SMILES string of the molecule is CNc1ccc(C2C[C@@]3(C)C(CC[C@]3(OC(C)=O)C(C)=O)C3CCC4=CC(=O)CCC4=C23)cc1. The Hall–Kier alpha value is -2.69. The molecular weight excluding hydrogens is 426 g/mol. The Morgan fingerprint density at radius 1 is 1.06 bits per heavy atom. The van der Waals surface area contributed by atoms with Crippen molar-refractivity contribution in [1.82, 2.24) is 0 Å². The van der Waals surface area contributed by atoms with Gasteiger partial charge in [-0.25, -0.2) is 0 Å². The molecule has 0 heterocycles. The second-order valence-corrected chi connectivity index (χ2v) is 10.9. The topological polar surface area (TPSA) is 72.5 Å². The zero-order valence-corrected chi connectivity index (χ0v) is 20.7. The van der Waals surface area contributed by atoms with Crippen LogP contribution in [-0.2, 0) is 19.1 Å². The van der Waals surface area contributed by atoms with Crippen LogP contribution in [0.5, 0.6) is 0 Å². The Kier molecular flexibility index (Phi) is 5.57. The predicted octanol–water partition coefficient (Wildman–Crippen LogP) is 5.52. The maximum Gasteiger partial charge on any atom is 0.303 e. The molecule has 34 heavy (non-hydrogen) atoms. The fraction of sp³-hybridized carbons (Fsp3) is 0.552. The number of carbonyl (C=O) groups excluding carboxylic acids is 3. The molecule has 5 rings (SSSR count). The van der Waals surface area contributed by atoms with E-state index in [1.54, 1.807) is 6.92 Å². The lowest BCUT2D eigenvalue weighted by Gasteiger charge is -2.55. The zero-order chi connectivity index (χ0) is 24.3. The average molecular weight is 462 g/mol. The summed E-state index contributed by atoms with van der Waals surface area (Å²) >= 11 is 0. The summed E-state index contributed by atoms with van der Waals surface area (Å²) in [4.78, 5) is 37.6. The molecule has 5 nitrogen and oxygen atoms in total. The standard InChI is InChI=1S/C29H35NO4/c1-17(31)29(34-18(2)32)14-13-26-24-11-7-20-15-22(33)10-12-23(20)27(24)25(16-28(26,29)3)19-5-8-21(30-4)9-6-19/h5-6,8-9,15,24-26,30H,7,10-14,16H2,1-4H3/t24?,25?,26?,28-,29-/m0/s1. The van der Waals surface area contributed by atoms with E-state index < -0.39 is 11.0 Å². The van der Waals surface area contributed by atoms with Crippen LogP contribution in [0.2, 0.25) is 0 Å². The van der Waals surface area contributed by atoms with Crippen molar-refractivity contribution in [2.45, 2.75) is 77.2 Å². The molecule has 0 bridgehead atoms. The minimum absolute atomic E-state index is 0.0345. The maximum atomic E-state index is 13.2. The van der Waals surface area contributed by atoms with Gasteiger partial charge in [0.05, 0.1) is 0 Å². The third kappa shape index (κ3) is 3.30. The van der Waals surface area contributed by atoms with Crippen LogP contribution in [-0.4, -0.2) is 30.2 Å². The molecule has 0 aliphatic heterocycles. The van der Waals surface area contributed by atoms with Gasteiger partial charge in [-0.3, -0.25) is 14.4 Å². The Morgan fingerprint density at radius 3 is 2.44 bits per heavy atom. The van der Waals surface area contributed by atoms with Crippen molar-refractivity contribution in [2.24, 2.45) is 17.3 Å². The van der Waals surface area contributed by atoms with E-state index >= 15 is 0 Å². The van der Waals surface area contributed by atoms with Gasteiger partial charge in [-0.05, 0) is 92.2 Å². The molecule has 1 N–H and O–H groups in total. The zero-order valence-electron chi connectivity index (χ0n) is 20.7. The van der Waals surface area contributed by atoms with Crippen molar-refractivity contribution in [3.63, 3.8) is 0 Å². The monoisotopic (exact) mass is 461 g/mol. The van der Waals surface area contributed by atoms with E-state index in [9.17, 15) is 14.4 Å². The van der Waals surface area contributed by atoms with Crippen LogP contribution in [0.15, 0.2) is 47.1 Å². The fourth-order valence-electron chi connectivity index (χ4n) is 7.89. The van der Waals surface area contributed by atoms with Crippen molar-refractivity contribution in [3.8, 4) is 0 Å². The van der Waals surface area contributed by atoms with E-state index in [0.717, 1.165) is 37.8 Å². The second kappa shape index (κ2) is 8.21. The quantitative estimate of drug-likeness (QED) is 0.598. The van der Waals surface area contributed by atoms with Crippen molar-refractivity contribution in [1.29, 1.82) is 0 Å². The number of carbonyl (C=O) groups is 3. The van der Waals surface area contributed by atoms with Crippen LogP contribution in [0.3, 0.4) is 0 Å². The largest absolute Gasteiger partial charge is 0.451 e. The number of Topliss-reactive ketones (excluding diaryl/α,β-unsaturated/α-hetero) is 1. The number of fused-ring (bicyclic) bond motifs is 4. The second-order valence-electron chi connectivity index (χ2n) is 10.9. The minimum Gasteiger partial charge on any atom is -0.451 e. The number of ether oxygens (including phenoxy) is 1. The average Bonchev–Trinajstić information content (AvgIpc) is 3.10. The van der Waals surface area contributed by atoms with Gasteiger partial charge in [0.15, 0.2) is 17.2 Å². The summed E-state index contributed by atoms with van der Waals surface area (Å²) in [7, 11) is 1.91. The van der Waals surface area contributed by atoms with E-state index in [2.05, 4.69) is 36.5 Å². The number of anilines is 1. The molecule has 2 fully saturated rings. The number of allylic oxidation sites excluding steroid dienone is 4. The Bertz CT molecular complexity index is 1110. The highest BCUT2D eigenvalue weighted by atomic mass is 16.6. The lowest BCUT2D eigenvalue weighted by molar-refractivity contribution is -0.182. The molecule has 180 valence electrons. The molecule has 1 aromatic carbocycles. The molecule has 0 saturated heterocycles. The molecule has 4 aliphatic rings. The van der Waals surface area contributed by atoms with Gasteiger partial charge < -0.3 is 10.1 Å². The first kappa shape index (κ1) is 23.1. The first-order chi connectivity index (χ1) is 16.2. The van der Waals surface area contributed by atoms with Gasteiger partial charge in [-0.15, -0.1) is 0 Å². The molecule has 0 spiro atoms. The predicted molar refractivity (Wildman–Crippen MR) is 131 cm³/mol. The van der Waals surface area contributed by atoms with Gasteiger partial charge in [0, 0.05) is 37.4 Å².